The molecular weight excluding hydrogens is 270 g/mol. The fourth-order valence-corrected chi connectivity index (χ4v) is 4.50. The van der Waals surface area contributed by atoms with Crippen molar-refractivity contribution < 1.29 is 8.42 Å². The molecule has 18 heavy (non-hydrogen) atoms. The molecule has 2 heterocycles. The van der Waals surface area contributed by atoms with Gasteiger partial charge in [0.15, 0.2) is 0 Å². The molecule has 1 aliphatic rings. The van der Waals surface area contributed by atoms with Crippen molar-refractivity contribution >= 4 is 21.8 Å². The molecule has 7 heteroatoms. The van der Waals surface area contributed by atoms with E-state index in [1.165, 1.54) is 0 Å². The molecule has 0 spiro atoms. The first kappa shape index (κ1) is 13.9. The van der Waals surface area contributed by atoms with Gasteiger partial charge in [-0.05, 0) is 12.2 Å². The van der Waals surface area contributed by atoms with Gasteiger partial charge in [0, 0.05) is 30.8 Å². The number of hydrogen-bond donors (Lipinski definition) is 1. The molecule has 0 saturated heterocycles. The van der Waals surface area contributed by atoms with Crippen molar-refractivity contribution in [3.63, 3.8) is 0 Å². The normalized spacial score (nSPS) is 17.1. The van der Waals surface area contributed by atoms with Gasteiger partial charge in [-0.25, -0.2) is 8.42 Å². The molecular formula is C11H19N3O2S2. The van der Waals surface area contributed by atoms with Crippen molar-refractivity contribution in [2.75, 3.05) is 18.6 Å². The summed E-state index contributed by atoms with van der Waals surface area (Å²) < 4.78 is 26.0. The Balaban J connectivity index is 2.21. The summed E-state index contributed by atoms with van der Waals surface area (Å²) in [5, 5.41) is 8.12. The number of nitrogens with zero attached hydrogens (tertiary/aromatic N) is 2. The number of fused-ring (bicyclic) bond motifs is 1. The lowest BCUT2D eigenvalue weighted by molar-refractivity contribution is 0.384. The predicted molar refractivity (Wildman–Crippen MR) is 73.1 cm³/mol. The van der Waals surface area contributed by atoms with Crippen molar-refractivity contribution in [3.05, 3.63) is 11.3 Å². The lowest BCUT2D eigenvalue weighted by atomic mass is 10.1. The molecule has 0 aliphatic carbocycles. The van der Waals surface area contributed by atoms with Crippen molar-refractivity contribution in [2.45, 2.75) is 31.8 Å². The number of rotatable bonds is 4. The molecule has 1 N–H and O–H groups in total. The second-order valence-corrected chi connectivity index (χ2v) is 7.75. The van der Waals surface area contributed by atoms with Gasteiger partial charge in [-0.15, -0.1) is 11.8 Å². The maximum Gasteiger partial charge on any atom is 0.214 e. The summed E-state index contributed by atoms with van der Waals surface area (Å²) in [6.45, 7) is 4.87. The van der Waals surface area contributed by atoms with Crippen LogP contribution in [0.15, 0.2) is 5.03 Å². The minimum Gasteiger partial charge on any atom is -0.281 e. The summed E-state index contributed by atoms with van der Waals surface area (Å²) in [6, 6.07) is 0. The molecule has 0 bridgehead atoms. The highest BCUT2D eigenvalue weighted by Gasteiger charge is 2.29. The zero-order valence-corrected chi connectivity index (χ0v) is 12.6. The van der Waals surface area contributed by atoms with Crippen LogP contribution in [0.5, 0.6) is 0 Å². The summed E-state index contributed by atoms with van der Waals surface area (Å²) in [4.78, 5) is 0. The van der Waals surface area contributed by atoms with E-state index in [9.17, 15) is 8.42 Å². The average molecular weight is 289 g/mol. The molecule has 0 fully saturated rings. The van der Waals surface area contributed by atoms with Gasteiger partial charge in [0.1, 0.15) is 5.03 Å². The molecule has 0 unspecified atom stereocenters. The Morgan fingerprint density at radius 3 is 2.83 bits per heavy atom. The Labute approximate surface area is 112 Å². The van der Waals surface area contributed by atoms with Crippen LogP contribution >= 0.6 is 11.8 Å². The Morgan fingerprint density at radius 1 is 1.50 bits per heavy atom. The van der Waals surface area contributed by atoms with Gasteiger partial charge >= 0.3 is 0 Å². The fourth-order valence-electron chi connectivity index (χ4n) is 2.18. The maximum atomic E-state index is 12.2. The van der Waals surface area contributed by atoms with Crippen LogP contribution in [0.2, 0.25) is 0 Å². The number of thioether (sulfide) groups is 1. The number of aromatic amines is 1. The number of aromatic nitrogens is 2. The molecule has 0 saturated carbocycles. The van der Waals surface area contributed by atoms with Crippen LogP contribution < -0.4 is 0 Å². The van der Waals surface area contributed by atoms with Crippen LogP contribution in [0.4, 0.5) is 0 Å². The van der Waals surface area contributed by atoms with Crippen LogP contribution in [0.1, 0.15) is 25.1 Å². The molecule has 1 aromatic rings. The van der Waals surface area contributed by atoms with Gasteiger partial charge in [0.2, 0.25) is 10.0 Å². The van der Waals surface area contributed by atoms with Gasteiger partial charge in [-0.3, -0.25) is 5.10 Å². The zero-order valence-electron chi connectivity index (χ0n) is 10.9. The first-order chi connectivity index (χ1) is 8.44. The van der Waals surface area contributed by atoms with E-state index in [-0.39, 0.29) is 11.7 Å². The second-order valence-electron chi connectivity index (χ2n) is 4.95. The molecule has 0 atom stereocenters. The van der Waals surface area contributed by atoms with E-state index < -0.39 is 10.0 Å². The van der Waals surface area contributed by atoms with Gasteiger partial charge < -0.3 is 0 Å². The first-order valence-corrected chi connectivity index (χ1v) is 8.85. The predicted octanol–water partition coefficient (Wildman–Crippen LogP) is 1.48. The van der Waals surface area contributed by atoms with E-state index in [1.54, 1.807) is 16.1 Å². The summed E-state index contributed by atoms with van der Waals surface area (Å²) in [5.74, 6) is 0.371. The van der Waals surface area contributed by atoms with E-state index in [1.807, 2.05) is 20.1 Å². The van der Waals surface area contributed by atoms with Crippen molar-refractivity contribution in [2.24, 2.45) is 5.92 Å². The van der Waals surface area contributed by atoms with E-state index in [0.29, 0.717) is 13.1 Å². The highest BCUT2D eigenvalue weighted by atomic mass is 32.2. The molecule has 5 nitrogen and oxygen atoms in total. The fraction of sp³-hybridized carbons (Fsp3) is 0.727. The van der Waals surface area contributed by atoms with E-state index in [2.05, 4.69) is 10.2 Å². The molecule has 1 aliphatic heterocycles. The topological polar surface area (TPSA) is 66.1 Å². The Kier molecular flexibility index (Phi) is 4.03. The lowest BCUT2D eigenvalue weighted by Gasteiger charge is -2.26. The third-order valence-corrected chi connectivity index (χ3v) is 5.90. The third kappa shape index (κ3) is 2.73. The minimum atomic E-state index is -3.15. The standard InChI is InChI=1S/C11H19N3O2S2/c1-8(2)7-18(15,16)14-5-4-10-9(6-14)11(17-3)13-12-10/h8H,4-7H2,1-3H3,(H,12,13). The smallest absolute Gasteiger partial charge is 0.214 e. The Bertz CT molecular complexity index is 509. The van der Waals surface area contributed by atoms with Crippen LogP contribution in [0.3, 0.4) is 0 Å². The summed E-state index contributed by atoms with van der Waals surface area (Å²) in [7, 11) is -3.15. The largest absolute Gasteiger partial charge is 0.281 e. The molecule has 102 valence electrons. The van der Waals surface area contributed by atoms with Crippen molar-refractivity contribution in [3.8, 4) is 0 Å². The van der Waals surface area contributed by atoms with Crippen LogP contribution in [0, 0.1) is 5.92 Å². The van der Waals surface area contributed by atoms with E-state index in [4.69, 9.17) is 0 Å². The highest BCUT2D eigenvalue weighted by Crippen LogP contribution is 2.27. The third-order valence-electron chi connectivity index (χ3n) is 2.99. The van der Waals surface area contributed by atoms with Gasteiger partial charge in [-0.1, -0.05) is 13.8 Å². The SMILES string of the molecule is CSc1n[nH]c2c1CN(S(=O)(=O)CC(C)C)CC2. The van der Waals surface area contributed by atoms with Crippen LogP contribution in [0.25, 0.3) is 0 Å². The monoisotopic (exact) mass is 289 g/mol. The van der Waals surface area contributed by atoms with Gasteiger partial charge in [-0.2, -0.15) is 9.40 Å². The van der Waals surface area contributed by atoms with Crippen molar-refractivity contribution in [1.29, 1.82) is 0 Å². The summed E-state index contributed by atoms with van der Waals surface area (Å²) >= 11 is 1.55. The maximum absolute atomic E-state index is 12.2. The number of hydrogen-bond acceptors (Lipinski definition) is 4. The van der Waals surface area contributed by atoms with Crippen molar-refractivity contribution in [1.82, 2.24) is 14.5 Å². The quantitative estimate of drug-likeness (QED) is 0.853. The Hall–Kier alpha value is -0.530. The minimum absolute atomic E-state index is 0.153. The second kappa shape index (κ2) is 5.22. The number of sulfonamides is 1. The molecule has 0 aromatic carbocycles. The van der Waals surface area contributed by atoms with E-state index in [0.717, 1.165) is 22.7 Å². The lowest BCUT2D eigenvalue weighted by Crippen LogP contribution is -2.38. The van der Waals surface area contributed by atoms with Crippen LogP contribution in [-0.2, 0) is 23.0 Å². The first-order valence-electron chi connectivity index (χ1n) is 6.02. The molecule has 1 aromatic heterocycles. The van der Waals surface area contributed by atoms with Crippen LogP contribution in [-0.4, -0.2) is 41.5 Å². The number of nitrogens with one attached hydrogen (secondary N) is 1. The summed E-state index contributed by atoms with van der Waals surface area (Å²) in [5.41, 5.74) is 2.12. The van der Waals surface area contributed by atoms with Gasteiger partial charge in [0.25, 0.3) is 0 Å². The van der Waals surface area contributed by atoms with Gasteiger partial charge in [0.05, 0.1) is 5.75 Å². The number of H-pyrrole nitrogens is 1. The molecule has 2 rings (SSSR count). The highest BCUT2D eigenvalue weighted by molar-refractivity contribution is 7.98. The van der Waals surface area contributed by atoms with E-state index >= 15 is 0 Å². The Morgan fingerprint density at radius 2 is 2.22 bits per heavy atom. The molecule has 0 radical (unpaired) electrons. The average Bonchev–Trinajstić information content (AvgIpc) is 2.69. The molecule has 0 amide bonds. The zero-order chi connectivity index (χ0) is 13.3. The summed E-state index contributed by atoms with van der Waals surface area (Å²) in [6.07, 6.45) is 2.68.